The number of hydrogen-bond acceptors (Lipinski definition) is 2. The molecule has 34 heavy (non-hydrogen) atoms. The molecule has 4 rings (SSSR count). The van der Waals surface area contributed by atoms with Crippen molar-refractivity contribution in [3.05, 3.63) is 59.7 Å². The third-order valence-corrected chi connectivity index (χ3v) is 7.70. The fourth-order valence-electron chi connectivity index (χ4n) is 5.97. The Bertz CT molecular complexity index is 942. The van der Waals surface area contributed by atoms with Crippen molar-refractivity contribution in [3.63, 3.8) is 0 Å². The van der Waals surface area contributed by atoms with Crippen LogP contribution in [0.2, 0.25) is 0 Å². The minimum atomic E-state index is -4.45. The van der Waals surface area contributed by atoms with Crippen LogP contribution >= 0.6 is 0 Å². The van der Waals surface area contributed by atoms with Crippen LogP contribution in [-0.4, -0.2) is 24.7 Å². The summed E-state index contributed by atoms with van der Waals surface area (Å²) in [5, 5.41) is 2.22. The molecule has 2 atom stereocenters. The highest BCUT2D eigenvalue weighted by Gasteiger charge is 2.49. The molecular formula is C28H35F3N2O. The average Bonchev–Trinajstić information content (AvgIpc) is 3.10. The van der Waals surface area contributed by atoms with Crippen LogP contribution in [0.15, 0.2) is 48.5 Å². The molecule has 0 spiro atoms. The highest BCUT2D eigenvalue weighted by atomic mass is 19.4. The quantitative estimate of drug-likeness (QED) is 0.453. The van der Waals surface area contributed by atoms with E-state index in [9.17, 15) is 18.0 Å². The molecule has 0 saturated heterocycles. The van der Waals surface area contributed by atoms with E-state index in [1.165, 1.54) is 19.3 Å². The highest BCUT2D eigenvalue weighted by molar-refractivity contribution is 6.00. The number of alkyl halides is 3. The lowest BCUT2D eigenvalue weighted by Gasteiger charge is -2.31. The van der Waals surface area contributed by atoms with E-state index >= 15 is 0 Å². The summed E-state index contributed by atoms with van der Waals surface area (Å²) in [5.74, 6) is 0.0867. The zero-order valence-electron chi connectivity index (χ0n) is 19.7. The molecule has 0 bridgehead atoms. The van der Waals surface area contributed by atoms with Crippen molar-refractivity contribution in [2.75, 3.05) is 6.54 Å². The van der Waals surface area contributed by atoms with E-state index in [-0.39, 0.29) is 0 Å². The van der Waals surface area contributed by atoms with Crippen LogP contribution in [0.1, 0.15) is 75.3 Å². The molecule has 2 aliphatic rings. The molecule has 3 N–H and O–H groups in total. The predicted molar refractivity (Wildman–Crippen MR) is 129 cm³/mol. The second-order valence-electron chi connectivity index (χ2n) is 10.0. The molecule has 1 amide bonds. The van der Waals surface area contributed by atoms with Crippen molar-refractivity contribution in [2.24, 2.45) is 11.7 Å². The molecule has 2 unspecified atom stereocenters. The van der Waals surface area contributed by atoms with Crippen LogP contribution in [0, 0.1) is 5.92 Å². The summed E-state index contributed by atoms with van der Waals surface area (Å²) in [7, 11) is 0. The van der Waals surface area contributed by atoms with E-state index in [4.69, 9.17) is 5.73 Å². The van der Waals surface area contributed by atoms with E-state index in [0.29, 0.717) is 18.4 Å². The van der Waals surface area contributed by atoms with Gasteiger partial charge in [-0.3, -0.25) is 4.79 Å². The van der Waals surface area contributed by atoms with Gasteiger partial charge < -0.3 is 11.1 Å². The van der Waals surface area contributed by atoms with Gasteiger partial charge >= 0.3 is 6.18 Å². The van der Waals surface area contributed by atoms with Gasteiger partial charge in [0.15, 0.2) is 0 Å². The fourth-order valence-corrected chi connectivity index (χ4v) is 5.97. The number of nitrogens with two attached hydrogens (primary N) is 1. The van der Waals surface area contributed by atoms with Gasteiger partial charge in [-0.15, -0.1) is 0 Å². The minimum absolute atomic E-state index is 0.301. The third kappa shape index (κ3) is 5.32. The summed E-state index contributed by atoms with van der Waals surface area (Å²) in [6, 6.07) is 15.6. The van der Waals surface area contributed by atoms with Crippen molar-refractivity contribution >= 4 is 5.91 Å². The number of benzene rings is 2. The zero-order valence-corrected chi connectivity index (χ0v) is 19.7. The smallest absolute Gasteiger partial charge is 0.346 e. The molecule has 0 heterocycles. The maximum Gasteiger partial charge on any atom is 0.405 e. The summed E-state index contributed by atoms with van der Waals surface area (Å²) >= 11 is 0. The summed E-state index contributed by atoms with van der Waals surface area (Å²) < 4.78 is 39.0. The SMILES string of the molecule is NC1CCCCC(CCCCC2(C(=O)NCC(F)(F)F)c3ccccc3-c3ccccc32)CC1. The standard InChI is InChI=1S/C28H35F3N2O/c29-28(30,31)19-33-26(34)27(18-8-7-10-20-9-1-2-11-21(32)17-16-20)24-14-5-3-12-22(24)23-13-4-6-15-25(23)27/h3-6,12-15,20-21H,1-2,7-11,16-19,32H2,(H,33,34). The first-order valence-electron chi connectivity index (χ1n) is 12.6. The lowest BCUT2D eigenvalue weighted by atomic mass is 9.73. The van der Waals surface area contributed by atoms with Gasteiger partial charge in [0.2, 0.25) is 5.91 Å². The number of rotatable bonds is 7. The van der Waals surface area contributed by atoms with Crippen molar-refractivity contribution in [1.29, 1.82) is 0 Å². The van der Waals surface area contributed by atoms with Gasteiger partial charge in [0.05, 0.1) is 0 Å². The van der Waals surface area contributed by atoms with Gasteiger partial charge in [-0.25, -0.2) is 0 Å². The minimum Gasteiger partial charge on any atom is -0.346 e. The fraction of sp³-hybridized carbons (Fsp3) is 0.536. The lowest BCUT2D eigenvalue weighted by Crippen LogP contribution is -2.47. The number of amides is 1. The van der Waals surface area contributed by atoms with E-state index in [0.717, 1.165) is 60.8 Å². The topological polar surface area (TPSA) is 55.1 Å². The van der Waals surface area contributed by atoms with Gasteiger partial charge in [0.1, 0.15) is 12.0 Å². The second-order valence-corrected chi connectivity index (χ2v) is 10.0. The van der Waals surface area contributed by atoms with Crippen LogP contribution in [0.25, 0.3) is 11.1 Å². The average molecular weight is 473 g/mol. The van der Waals surface area contributed by atoms with Gasteiger partial charge in [-0.1, -0.05) is 87.1 Å². The third-order valence-electron chi connectivity index (χ3n) is 7.70. The maximum absolute atomic E-state index is 13.5. The number of fused-ring (bicyclic) bond motifs is 3. The second kappa shape index (κ2) is 10.5. The molecule has 2 aliphatic carbocycles. The number of carbonyl (C=O) groups excluding carboxylic acids is 1. The number of nitrogens with one attached hydrogen (secondary N) is 1. The van der Waals surface area contributed by atoms with Crippen LogP contribution < -0.4 is 11.1 Å². The predicted octanol–water partition coefficient (Wildman–Crippen LogP) is 6.49. The Labute approximate surface area is 200 Å². The first-order valence-corrected chi connectivity index (χ1v) is 12.6. The molecule has 1 saturated carbocycles. The number of halogens is 3. The van der Waals surface area contributed by atoms with E-state index in [2.05, 4.69) is 5.32 Å². The molecule has 0 aromatic heterocycles. The van der Waals surface area contributed by atoms with Crippen LogP contribution in [0.4, 0.5) is 13.2 Å². The summed E-state index contributed by atoms with van der Waals surface area (Å²) in [4.78, 5) is 13.5. The molecule has 6 heteroatoms. The van der Waals surface area contributed by atoms with E-state index in [1.54, 1.807) is 0 Å². The number of carbonyl (C=O) groups is 1. The Balaban J connectivity index is 1.54. The summed E-state index contributed by atoms with van der Waals surface area (Å²) in [5.41, 5.74) is 8.59. The molecule has 0 radical (unpaired) electrons. The number of unbranched alkanes of at least 4 members (excludes halogenated alkanes) is 1. The normalized spacial score (nSPS) is 21.8. The summed E-state index contributed by atoms with van der Waals surface area (Å²) in [6.07, 6.45) is 5.80. The van der Waals surface area contributed by atoms with Gasteiger partial charge in [-0.2, -0.15) is 13.2 Å². The molecular weight excluding hydrogens is 437 g/mol. The Morgan fingerprint density at radius 3 is 2.18 bits per heavy atom. The van der Waals surface area contributed by atoms with Crippen LogP contribution in [-0.2, 0) is 10.2 Å². The largest absolute Gasteiger partial charge is 0.405 e. The Morgan fingerprint density at radius 2 is 1.53 bits per heavy atom. The maximum atomic E-state index is 13.5. The molecule has 1 fully saturated rings. The monoisotopic (exact) mass is 472 g/mol. The molecule has 0 aliphatic heterocycles. The van der Waals surface area contributed by atoms with Gasteiger partial charge in [0, 0.05) is 6.04 Å². The van der Waals surface area contributed by atoms with Crippen LogP contribution in [0.3, 0.4) is 0 Å². The Morgan fingerprint density at radius 1 is 0.912 bits per heavy atom. The van der Waals surface area contributed by atoms with E-state index < -0.39 is 24.0 Å². The van der Waals surface area contributed by atoms with Gasteiger partial charge in [-0.05, 0) is 53.9 Å². The lowest BCUT2D eigenvalue weighted by molar-refractivity contribution is -0.141. The first-order chi connectivity index (χ1) is 16.3. The van der Waals surface area contributed by atoms with Crippen molar-refractivity contribution < 1.29 is 18.0 Å². The zero-order chi connectivity index (χ0) is 24.2. The van der Waals surface area contributed by atoms with Crippen molar-refractivity contribution in [3.8, 4) is 11.1 Å². The molecule has 184 valence electrons. The molecule has 2 aromatic rings. The highest BCUT2D eigenvalue weighted by Crippen LogP contribution is 2.51. The Kier molecular flexibility index (Phi) is 7.66. The molecule has 2 aromatic carbocycles. The van der Waals surface area contributed by atoms with E-state index in [1.807, 2.05) is 48.5 Å². The van der Waals surface area contributed by atoms with Crippen molar-refractivity contribution in [1.82, 2.24) is 5.32 Å². The Hall–Kier alpha value is -2.34. The van der Waals surface area contributed by atoms with Crippen molar-refractivity contribution in [2.45, 2.75) is 81.8 Å². The summed E-state index contributed by atoms with van der Waals surface area (Å²) in [6.45, 7) is -1.32. The van der Waals surface area contributed by atoms with Crippen LogP contribution in [0.5, 0.6) is 0 Å². The number of hydrogen-bond donors (Lipinski definition) is 2. The molecule has 3 nitrogen and oxygen atoms in total. The van der Waals surface area contributed by atoms with Gasteiger partial charge in [0.25, 0.3) is 0 Å². The first kappa shape index (κ1) is 24.8.